The van der Waals surface area contributed by atoms with Crippen molar-refractivity contribution in [2.45, 2.75) is 82.5 Å². The van der Waals surface area contributed by atoms with Crippen LogP contribution in [0.2, 0.25) is 0 Å². The number of hydrogen-bond acceptors (Lipinski definition) is 12. The maximum absolute atomic E-state index is 15.8. The highest BCUT2D eigenvalue weighted by Crippen LogP contribution is 2.47. The van der Waals surface area contributed by atoms with Crippen molar-refractivity contribution in [1.82, 2.24) is 39.9 Å². The highest BCUT2D eigenvalue weighted by atomic mass is 127. The predicted molar refractivity (Wildman–Crippen MR) is 253 cm³/mol. The minimum absolute atomic E-state index is 0.104. The lowest BCUT2D eigenvalue weighted by Gasteiger charge is -2.57. The molecule has 0 bridgehead atoms. The van der Waals surface area contributed by atoms with Gasteiger partial charge in [-0.25, -0.2) is 31.1 Å². The summed E-state index contributed by atoms with van der Waals surface area (Å²) in [7, 11) is -5.55. The van der Waals surface area contributed by atoms with Crippen molar-refractivity contribution in [1.29, 1.82) is 0 Å². The Balaban J connectivity index is 1.81. The molecule has 356 valence electrons. The molecule has 22 heteroatoms. The van der Waals surface area contributed by atoms with Crippen LogP contribution in [-0.2, 0) is 39.7 Å². The van der Waals surface area contributed by atoms with Crippen molar-refractivity contribution in [3.05, 3.63) is 105 Å². The lowest BCUT2D eigenvalue weighted by Crippen LogP contribution is -2.75. The number of benzene rings is 4. The molecule has 0 aliphatic carbocycles. The minimum atomic E-state index is -5.11. The minimum Gasteiger partial charge on any atom is -0.497 e. The van der Waals surface area contributed by atoms with Gasteiger partial charge in [0.1, 0.15) is 27.0 Å². The van der Waals surface area contributed by atoms with E-state index in [-0.39, 0.29) is 34.6 Å². The Hall–Kier alpha value is -5.56. The molecule has 5 aromatic rings. The molecule has 0 aliphatic rings. The topological polar surface area (TPSA) is 253 Å². The summed E-state index contributed by atoms with van der Waals surface area (Å²) < 4.78 is 82.3. The van der Waals surface area contributed by atoms with Gasteiger partial charge in [-0.05, 0) is 104 Å². The van der Waals surface area contributed by atoms with Crippen LogP contribution in [0.5, 0.6) is 17.2 Å². The molecule has 0 aliphatic heterocycles. The Bertz CT molecular complexity index is 2660. The first-order chi connectivity index (χ1) is 30.9. The number of nitrogens with zero attached hydrogens (tertiary/aromatic N) is 5. The number of sulfonamides is 2. The molecule has 5 N–H and O–H groups in total. The highest BCUT2D eigenvalue weighted by Gasteiger charge is 2.58. The molecule has 0 radical (unpaired) electrons. The zero-order valence-electron chi connectivity index (χ0n) is 38.0. The Morgan fingerprint density at radius 1 is 0.727 bits per heavy atom. The smallest absolute Gasteiger partial charge is 0.405 e. The quantitative estimate of drug-likeness (QED) is 0.0560. The van der Waals surface area contributed by atoms with Crippen molar-refractivity contribution in [2.75, 3.05) is 27.9 Å². The maximum Gasteiger partial charge on any atom is 0.405 e. The number of carboxylic acid groups (broad SMARTS) is 2. The molecule has 1 atom stereocenters. The average Bonchev–Trinajstić information content (AvgIpc) is 3.71. The Kier molecular flexibility index (Phi) is 16.0. The Labute approximate surface area is 398 Å². The van der Waals surface area contributed by atoms with Crippen molar-refractivity contribution < 1.29 is 50.8 Å². The van der Waals surface area contributed by atoms with Gasteiger partial charge in [0.2, 0.25) is 25.9 Å². The summed E-state index contributed by atoms with van der Waals surface area (Å²) >= 11 is 1.89. The molecule has 19 nitrogen and oxygen atoms in total. The number of nitrogens with one attached hydrogen (secondary N) is 3. The molecular weight excluding hydrogens is 1010 g/mol. The van der Waals surface area contributed by atoms with Gasteiger partial charge in [-0.1, -0.05) is 77.9 Å². The van der Waals surface area contributed by atoms with Crippen molar-refractivity contribution in [3.63, 3.8) is 0 Å². The molecule has 0 spiro atoms. The van der Waals surface area contributed by atoms with Gasteiger partial charge in [0.25, 0.3) is 0 Å². The molecule has 4 aromatic carbocycles. The monoisotopic (exact) mass is 1060 g/mol. The van der Waals surface area contributed by atoms with E-state index in [1.807, 2.05) is 22.6 Å². The lowest BCUT2D eigenvalue weighted by molar-refractivity contribution is -0.00270. The summed E-state index contributed by atoms with van der Waals surface area (Å²) in [5, 5.41) is 37.9. The molecule has 1 heterocycles. The van der Waals surface area contributed by atoms with Gasteiger partial charge >= 0.3 is 12.2 Å². The van der Waals surface area contributed by atoms with Crippen LogP contribution in [-0.4, -0.2) is 103 Å². The van der Waals surface area contributed by atoms with Gasteiger partial charge in [-0.2, -0.15) is 9.10 Å². The number of carbonyl (C=O) groups is 2. The van der Waals surface area contributed by atoms with E-state index in [9.17, 15) is 19.8 Å². The van der Waals surface area contributed by atoms with Gasteiger partial charge in [0, 0.05) is 23.2 Å². The van der Waals surface area contributed by atoms with Crippen molar-refractivity contribution in [3.8, 4) is 28.6 Å². The summed E-state index contributed by atoms with van der Waals surface area (Å²) in [5.74, 6) is 1.46. The van der Waals surface area contributed by atoms with E-state index in [2.05, 4.69) is 30.8 Å². The Morgan fingerprint density at radius 2 is 1.20 bits per heavy atom. The maximum atomic E-state index is 15.8. The van der Waals surface area contributed by atoms with E-state index in [0.29, 0.717) is 28.4 Å². The normalized spacial score (nSPS) is 13.0. The van der Waals surface area contributed by atoms with E-state index in [4.69, 9.17) is 14.2 Å². The fourth-order valence-electron chi connectivity index (χ4n) is 8.27. The summed E-state index contributed by atoms with van der Waals surface area (Å²) in [6.45, 7) is 9.09. The van der Waals surface area contributed by atoms with Crippen LogP contribution in [0, 0.1) is 14.4 Å². The fourth-order valence-corrected chi connectivity index (χ4v) is 12.8. The molecule has 66 heavy (non-hydrogen) atoms. The predicted octanol–water partition coefficient (Wildman–Crippen LogP) is 6.42. The SMILES string of the molecule is COc1ccc(CN(Cc2ccc(OC)cc2)S(=O)(=O)c2c(S(=O)(=O)NC(CNC(=O)O)C(NC(=O)O)(C(C)(C)C)C(C)(C)C)ccc(I)c2-c2nnn(Cc3ccc(OC)cc3)n2)cc1. The van der Waals surface area contributed by atoms with Crippen LogP contribution in [0.25, 0.3) is 11.4 Å². The third-order valence-electron chi connectivity index (χ3n) is 11.1. The molecule has 5 rings (SSSR count). The van der Waals surface area contributed by atoms with E-state index in [1.54, 1.807) is 114 Å². The average molecular weight is 1060 g/mol. The molecular formula is C44H55IN8O11S2. The first kappa shape index (κ1) is 51.4. The van der Waals surface area contributed by atoms with Gasteiger partial charge < -0.3 is 35.1 Å². The van der Waals surface area contributed by atoms with Crippen molar-refractivity contribution in [2.24, 2.45) is 10.8 Å². The summed E-state index contributed by atoms with van der Waals surface area (Å²) in [6, 6.07) is 21.5. The van der Waals surface area contributed by atoms with Crippen LogP contribution < -0.4 is 29.6 Å². The number of halogens is 1. The zero-order chi connectivity index (χ0) is 48.8. The number of ether oxygens (including phenoxy) is 3. The largest absolute Gasteiger partial charge is 0.497 e. The second-order valence-corrected chi connectivity index (χ2v) is 22.0. The van der Waals surface area contributed by atoms with Crippen LogP contribution in [0.1, 0.15) is 58.2 Å². The van der Waals surface area contributed by atoms with E-state index >= 15 is 16.8 Å². The summed E-state index contributed by atoms with van der Waals surface area (Å²) in [6.07, 6.45) is -3.02. The fraction of sp³-hybridized carbons (Fsp3) is 0.386. The number of rotatable bonds is 19. The number of amides is 2. The first-order valence-electron chi connectivity index (χ1n) is 20.4. The first-order valence-corrected chi connectivity index (χ1v) is 24.4. The molecule has 1 aromatic heterocycles. The van der Waals surface area contributed by atoms with Gasteiger partial charge in [0.15, 0.2) is 0 Å². The number of hydrogen-bond donors (Lipinski definition) is 5. The molecule has 0 saturated heterocycles. The number of aromatic nitrogens is 4. The third-order valence-corrected chi connectivity index (χ3v) is 15.5. The second-order valence-electron chi connectivity index (χ2n) is 17.3. The zero-order valence-corrected chi connectivity index (χ0v) is 41.8. The van der Waals surface area contributed by atoms with Crippen LogP contribution in [0.4, 0.5) is 9.59 Å². The van der Waals surface area contributed by atoms with Gasteiger partial charge in [-0.3, -0.25) is 0 Å². The van der Waals surface area contributed by atoms with Gasteiger partial charge in [0.05, 0.1) is 45.0 Å². The molecule has 0 saturated carbocycles. The molecule has 1 unspecified atom stereocenters. The summed E-state index contributed by atoms with van der Waals surface area (Å²) in [4.78, 5) is 24.5. The van der Waals surface area contributed by atoms with E-state index < -0.39 is 71.0 Å². The van der Waals surface area contributed by atoms with E-state index in [0.717, 1.165) is 15.9 Å². The second kappa shape index (κ2) is 20.5. The summed E-state index contributed by atoms with van der Waals surface area (Å²) in [5.41, 5.74) is -2.34. The van der Waals surface area contributed by atoms with E-state index in [1.165, 1.54) is 32.2 Å². The van der Waals surface area contributed by atoms with Crippen molar-refractivity contribution >= 4 is 54.8 Å². The molecule has 2 amide bonds. The standard InChI is InChI=1S/C44H55IN8O11S2/c1-42(2,3)44(43(4,5)6,47-41(56)57)36(24-46-40(54)55)50-65(58,59)35-23-22-34(45)37(39-48-51-53(49-39)27-30-14-20-33(64-9)21-15-30)38(35)66(60,61)52(25-28-10-16-31(62-7)17-11-28)26-29-12-18-32(63-8)19-13-29/h10-23,36,46-47,50H,24-27H2,1-9H3,(H,54,55)(H,56,57). The highest BCUT2D eigenvalue weighted by molar-refractivity contribution is 14.1. The number of tetrazole rings is 1. The van der Waals surface area contributed by atoms with Crippen LogP contribution >= 0.6 is 22.6 Å². The third kappa shape index (κ3) is 11.5. The van der Waals surface area contributed by atoms with Gasteiger partial charge in [-0.15, -0.1) is 10.2 Å². The molecule has 0 fully saturated rings. The van der Waals surface area contributed by atoms with Crippen LogP contribution in [0.15, 0.2) is 94.7 Å². The lowest BCUT2D eigenvalue weighted by atomic mass is 9.56. The number of methoxy groups -OCH3 is 3. The van der Waals surface area contributed by atoms with Crippen LogP contribution in [0.3, 0.4) is 0 Å². The Morgan fingerprint density at radius 3 is 1.62 bits per heavy atom.